The summed E-state index contributed by atoms with van der Waals surface area (Å²) < 4.78 is 0. The lowest BCUT2D eigenvalue weighted by Gasteiger charge is -2.28. The fraction of sp³-hybridized carbons (Fsp3) is 1.00. The van der Waals surface area contributed by atoms with E-state index in [1.54, 1.807) is 18.1 Å². The van der Waals surface area contributed by atoms with Gasteiger partial charge in [-0.25, -0.2) is 0 Å². The average Bonchev–Trinajstić information content (AvgIpc) is 2.45. The standard InChI is InChI=1S/C19H42Si/c1-5-8-11-14-17-20(4,18-15-12-9-6-2)19-16-13-10-7-3/h5-19H2,1-4H3. The van der Waals surface area contributed by atoms with Crippen molar-refractivity contribution in [3.8, 4) is 0 Å². The van der Waals surface area contributed by atoms with Gasteiger partial charge in [-0.05, 0) is 0 Å². The minimum absolute atomic E-state index is 0.899. The van der Waals surface area contributed by atoms with Crippen molar-refractivity contribution in [2.75, 3.05) is 0 Å². The largest absolute Gasteiger partial charge is 0.0691 e. The van der Waals surface area contributed by atoms with Gasteiger partial charge in [0.05, 0.1) is 8.07 Å². The van der Waals surface area contributed by atoms with Gasteiger partial charge in [0, 0.05) is 0 Å². The zero-order chi connectivity index (χ0) is 15.1. The molecule has 0 amide bonds. The Kier molecular flexibility index (Phi) is 14.3. The highest BCUT2D eigenvalue weighted by Crippen LogP contribution is 2.29. The molecule has 0 saturated heterocycles. The van der Waals surface area contributed by atoms with Gasteiger partial charge in [-0.15, -0.1) is 0 Å². The maximum atomic E-state index is 2.72. The normalized spacial score (nSPS) is 12.0. The predicted octanol–water partition coefficient (Wildman–Crippen LogP) is 7.81. The number of hydrogen-bond acceptors (Lipinski definition) is 0. The highest BCUT2D eigenvalue weighted by Gasteiger charge is 2.25. The van der Waals surface area contributed by atoms with E-state index in [9.17, 15) is 0 Å². The lowest BCUT2D eigenvalue weighted by Crippen LogP contribution is -2.29. The van der Waals surface area contributed by atoms with Crippen molar-refractivity contribution in [1.29, 1.82) is 0 Å². The van der Waals surface area contributed by atoms with Crippen LogP contribution >= 0.6 is 0 Å². The molecule has 0 radical (unpaired) electrons. The summed E-state index contributed by atoms with van der Waals surface area (Å²) in [6.45, 7) is 9.70. The molecule has 0 spiro atoms. The number of rotatable bonds is 15. The predicted molar refractivity (Wildman–Crippen MR) is 98.5 cm³/mol. The van der Waals surface area contributed by atoms with Crippen LogP contribution in [-0.4, -0.2) is 8.07 Å². The third-order valence-corrected chi connectivity index (χ3v) is 9.58. The maximum absolute atomic E-state index is 2.72. The summed E-state index contributed by atoms with van der Waals surface area (Å²) >= 11 is 0. The first-order valence-corrected chi connectivity index (χ1v) is 12.8. The molecule has 122 valence electrons. The Morgan fingerprint density at radius 1 is 0.450 bits per heavy atom. The van der Waals surface area contributed by atoms with Crippen LogP contribution in [0.15, 0.2) is 0 Å². The topological polar surface area (TPSA) is 0 Å². The Morgan fingerprint density at radius 3 is 1.00 bits per heavy atom. The van der Waals surface area contributed by atoms with Gasteiger partial charge in [0.25, 0.3) is 0 Å². The van der Waals surface area contributed by atoms with Gasteiger partial charge in [0.2, 0.25) is 0 Å². The molecule has 0 nitrogen and oxygen atoms in total. The van der Waals surface area contributed by atoms with Gasteiger partial charge in [-0.2, -0.15) is 0 Å². The van der Waals surface area contributed by atoms with E-state index in [0.29, 0.717) is 0 Å². The van der Waals surface area contributed by atoms with Crippen LogP contribution in [0.1, 0.15) is 97.8 Å². The van der Waals surface area contributed by atoms with Crippen LogP contribution in [0.2, 0.25) is 24.7 Å². The zero-order valence-corrected chi connectivity index (χ0v) is 16.1. The average molecular weight is 299 g/mol. The van der Waals surface area contributed by atoms with Crippen LogP contribution in [0.3, 0.4) is 0 Å². The highest BCUT2D eigenvalue weighted by atomic mass is 28.3. The molecule has 0 unspecified atom stereocenters. The van der Waals surface area contributed by atoms with E-state index in [1.165, 1.54) is 77.0 Å². The Morgan fingerprint density at radius 2 is 0.750 bits per heavy atom. The molecule has 0 aliphatic carbocycles. The minimum atomic E-state index is -0.899. The molecule has 0 aliphatic rings. The molecule has 0 atom stereocenters. The smallest absolute Gasteiger partial charge is 0.0504 e. The molecule has 1 heteroatoms. The van der Waals surface area contributed by atoms with Crippen molar-refractivity contribution < 1.29 is 0 Å². The molecular weight excluding hydrogens is 256 g/mol. The Hall–Kier alpha value is 0.217. The molecular formula is C19H42Si. The second kappa shape index (κ2) is 14.2. The summed E-state index contributed by atoms with van der Waals surface area (Å²) in [5.74, 6) is 0. The third kappa shape index (κ3) is 12.0. The molecule has 0 aromatic carbocycles. The molecule has 0 heterocycles. The van der Waals surface area contributed by atoms with Crippen LogP contribution in [0.5, 0.6) is 0 Å². The van der Waals surface area contributed by atoms with E-state index in [0.717, 1.165) is 0 Å². The van der Waals surface area contributed by atoms with Crippen molar-refractivity contribution in [1.82, 2.24) is 0 Å². The van der Waals surface area contributed by atoms with Crippen molar-refractivity contribution in [3.05, 3.63) is 0 Å². The molecule has 0 aliphatic heterocycles. The van der Waals surface area contributed by atoms with Gasteiger partial charge in [-0.1, -0.05) is 123 Å². The summed E-state index contributed by atoms with van der Waals surface area (Å²) in [5.41, 5.74) is 0. The molecule has 0 bridgehead atoms. The summed E-state index contributed by atoms with van der Waals surface area (Å²) in [5, 5.41) is 0. The van der Waals surface area contributed by atoms with Crippen molar-refractivity contribution in [2.45, 2.75) is 123 Å². The minimum Gasteiger partial charge on any atom is -0.0691 e. The van der Waals surface area contributed by atoms with E-state index in [-0.39, 0.29) is 0 Å². The van der Waals surface area contributed by atoms with Crippen LogP contribution in [-0.2, 0) is 0 Å². The van der Waals surface area contributed by atoms with Crippen LogP contribution in [0.4, 0.5) is 0 Å². The van der Waals surface area contributed by atoms with Crippen molar-refractivity contribution in [2.24, 2.45) is 0 Å². The third-order valence-electron chi connectivity index (χ3n) is 4.90. The Labute approximate surface area is 131 Å². The van der Waals surface area contributed by atoms with Crippen molar-refractivity contribution in [3.63, 3.8) is 0 Å². The van der Waals surface area contributed by atoms with Crippen molar-refractivity contribution >= 4 is 8.07 Å². The first kappa shape index (κ1) is 20.2. The van der Waals surface area contributed by atoms with E-state index < -0.39 is 8.07 Å². The summed E-state index contributed by atoms with van der Waals surface area (Å²) in [4.78, 5) is 0. The lowest BCUT2D eigenvalue weighted by molar-refractivity contribution is 0.666. The Balaban J connectivity index is 3.98. The van der Waals surface area contributed by atoms with E-state index in [2.05, 4.69) is 27.3 Å². The molecule has 20 heavy (non-hydrogen) atoms. The fourth-order valence-corrected chi connectivity index (χ4v) is 7.37. The van der Waals surface area contributed by atoms with E-state index in [1.807, 2.05) is 0 Å². The first-order chi connectivity index (χ1) is 9.68. The number of hydrogen-bond donors (Lipinski definition) is 0. The second-order valence-corrected chi connectivity index (χ2v) is 12.4. The quantitative estimate of drug-likeness (QED) is 0.214. The van der Waals surface area contributed by atoms with Crippen LogP contribution in [0.25, 0.3) is 0 Å². The van der Waals surface area contributed by atoms with Gasteiger partial charge in [-0.3, -0.25) is 0 Å². The summed E-state index contributed by atoms with van der Waals surface area (Å²) in [6, 6.07) is 4.85. The molecule has 0 rings (SSSR count). The first-order valence-electron chi connectivity index (χ1n) is 9.68. The molecule has 0 aromatic heterocycles. The Bertz CT molecular complexity index is 157. The SMILES string of the molecule is CCCCCC[Si](C)(CCCCCC)CCCCCC. The molecule has 0 fully saturated rings. The van der Waals surface area contributed by atoms with Crippen LogP contribution in [0, 0.1) is 0 Å². The fourth-order valence-electron chi connectivity index (χ4n) is 3.31. The number of unbranched alkanes of at least 4 members (excludes halogenated alkanes) is 9. The summed E-state index contributed by atoms with van der Waals surface area (Å²) in [7, 11) is -0.899. The molecule has 0 aromatic rings. The lowest BCUT2D eigenvalue weighted by atomic mass is 10.2. The zero-order valence-electron chi connectivity index (χ0n) is 15.1. The summed E-state index contributed by atoms with van der Waals surface area (Å²) in [6.07, 6.45) is 17.5. The highest BCUT2D eigenvalue weighted by molar-refractivity contribution is 6.78. The van der Waals surface area contributed by atoms with E-state index in [4.69, 9.17) is 0 Å². The second-order valence-electron chi connectivity index (χ2n) is 7.24. The van der Waals surface area contributed by atoms with E-state index >= 15 is 0 Å². The van der Waals surface area contributed by atoms with Gasteiger partial charge >= 0.3 is 0 Å². The van der Waals surface area contributed by atoms with Gasteiger partial charge in [0.15, 0.2) is 0 Å². The maximum Gasteiger partial charge on any atom is 0.0504 e. The van der Waals surface area contributed by atoms with Gasteiger partial charge in [0.1, 0.15) is 0 Å². The monoisotopic (exact) mass is 298 g/mol. The van der Waals surface area contributed by atoms with Crippen LogP contribution < -0.4 is 0 Å². The van der Waals surface area contributed by atoms with Gasteiger partial charge < -0.3 is 0 Å². The molecule has 0 saturated carbocycles. The molecule has 0 N–H and O–H groups in total.